The molecule has 0 radical (unpaired) electrons. The molecule has 0 unspecified atom stereocenters. The second-order valence-corrected chi connectivity index (χ2v) is 8.15. The summed E-state index contributed by atoms with van der Waals surface area (Å²) in [4.78, 5) is 0. The van der Waals surface area contributed by atoms with Crippen LogP contribution in [0.15, 0.2) is 43.0 Å². The summed E-state index contributed by atoms with van der Waals surface area (Å²) in [6.07, 6.45) is 18.2. The fourth-order valence-corrected chi connectivity index (χ4v) is 4.69. The van der Waals surface area contributed by atoms with Crippen LogP contribution in [0.2, 0.25) is 0 Å². The second kappa shape index (κ2) is 9.17. The number of rotatable bonds is 5. The van der Waals surface area contributed by atoms with Crippen LogP contribution in [0.4, 0.5) is 4.39 Å². The minimum atomic E-state index is -0.376. The van der Waals surface area contributed by atoms with Crippen molar-refractivity contribution in [3.8, 4) is 6.07 Å². The van der Waals surface area contributed by atoms with Crippen LogP contribution >= 0.6 is 0 Å². The first-order chi connectivity index (χ1) is 12.7. The van der Waals surface area contributed by atoms with E-state index in [9.17, 15) is 4.39 Å². The third kappa shape index (κ3) is 4.85. The highest BCUT2D eigenvalue weighted by molar-refractivity contribution is 5.35. The Balaban J connectivity index is 1.46. The Morgan fingerprint density at radius 1 is 1.00 bits per heavy atom. The molecule has 0 aromatic heterocycles. The highest BCUT2D eigenvalue weighted by Crippen LogP contribution is 2.38. The van der Waals surface area contributed by atoms with Gasteiger partial charge in [0, 0.05) is 0 Å². The predicted molar refractivity (Wildman–Crippen MR) is 105 cm³/mol. The summed E-state index contributed by atoms with van der Waals surface area (Å²) in [6.45, 7) is 3.86. The molecule has 2 saturated carbocycles. The standard InChI is InChI=1S/C24H30FN/c1-2-3-18-4-6-19(7-5-18)8-9-20-10-12-21(13-11-20)22-14-15-23(17-26)24(25)16-22/h2,8-9,14-16,18-21H,1,3-7,10-13H2. The lowest BCUT2D eigenvalue weighted by Gasteiger charge is -2.29. The zero-order chi connectivity index (χ0) is 18.4. The molecular formula is C24H30FN. The molecule has 0 spiro atoms. The van der Waals surface area contributed by atoms with Gasteiger partial charge in [-0.05, 0) is 99.2 Å². The SMILES string of the molecule is C=CCC1CCC(C=CC2CCC(c3ccc(C#N)c(F)c3)CC2)CC1. The van der Waals surface area contributed by atoms with Crippen molar-refractivity contribution in [2.45, 2.75) is 63.7 Å². The van der Waals surface area contributed by atoms with Crippen molar-refractivity contribution >= 4 is 0 Å². The van der Waals surface area contributed by atoms with Crippen molar-refractivity contribution in [3.63, 3.8) is 0 Å². The maximum Gasteiger partial charge on any atom is 0.141 e. The summed E-state index contributed by atoms with van der Waals surface area (Å²) >= 11 is 0. The fraction of sp³-hybridized carbons (Fsp3) is 0.542. The Labute approximate surface area is 157 Å². The van der Waals surface area contributed by atoms with E-state index in [1.54, 1.807) is 12.1 Å². The first-order valence-corrected chi connectivity index (χ1v) is 10.2. The lowest BCUT2D eigenvalue weighted by molar-refractivity contribution is 0.310. The van der Waals surface area contributed by atoms with Crippen molar-refractivity contribution < 1.29 is 4.39 Å². The number of benzene rings is 1. The summed E-state index contributed by atoms with van der Waals surface area (Å²) in [6, 6.07) is 7.03. The largest absolute Gasteiger partial charge is 0.206 e. The average Bonchev–Trinajstić information content (AvgIpc) is 2.68. The minimum Gasteiger partial charge on any atom is -0.206 e. The third-order valence-electron chi connectivity index (χ3n) is 6.40. The first-order valence-electron chi connectivity index (χ1n) is 10.2. The highest BCUT2D eigenvalue weighted by Gasteiger charge is 2.23. The molecule has 0 amide bonds. The lowest BCUT2D eigenvalue weighted by Crippen LogP contribution is -2.14. The Morgan fingerprint density at radius 3 is 2.15 bits per heavy atom. The van der Waals surface area contributed by atoms with Gasteiger partial charge in [0.25, 0.3) is 0 Å². The van der Waals surface area contributed by atoms with Crippen LogP contribution < -0.4 is 0 Å². The van der Waals surface area contributed by atoms with Crippen molar-refractivity contribution in [2.24, 2.45) is 17.8 Å². The number of nitriles is 1. The number of allylic oxidation sites excluding steroid dienone is 3. The van der Waals surface area contributed by atoms with Crippen LogP contribution in [-0.2, 0) is 0 Å². The van der Waals surface area contributed by atoms with E-state index in [2.05, 4.69) is 24.8 Å². The van der Waals surface area contributed by atoms with Gasteiger partial charge in [-0.25, -0.2) is 4.39 Å². The topological polar surface area (TPSA) is 23.8 Å². The van der Waals surface area contributed by atoms with Gasteiger partial charge in [-0.3, -0.25) is 0 Å². The van der Waals surface area contributed by atoms with Crippen LogP contribution in [0.3, 0.4) is 0 Å². The molecule has 0 aliphatic heterocycles. The van der Waals surface area contributed by atoms with E-state index in [0.29, 0.717) is 11.8 Å². The number of halogens is 1. The zero-order valence-corrected chi connectivity index (χ0v) is 15.7. The van der Waals surface area contributed by atoms with Crippen molar-refractivity contribution in [1.29, 1.82) is 5.26 Å². The van der Waals surface area contributed by atoms with E-state index >= 15 is 0 Å². The molecule has 1 aromatic rings. The van der Waals surface area contributed by atoms with Gasteiger partial charge < -0.3 is 0 Å². The molecule has 0 heterocycles. The van der Waals surface area contributed by atoms with Crippen LogP contribution in [0.1, 0.15) is 74.8 Å². The van der Waals surface area contributed by atoms with Gasteiger partial charge in [0.1, 0.15) is 11.9 Å². The molecule has 0 saturated heterocycles. The molecule has 2 fully saturated rings. The molecule has 1 nitrogen and oxygen atoms in total. The average molecular weight is 352 g/mol. The molecule has 138 valence electrons. The summed E-state index contributed by atoms with van der Waals surface area (Å²) < 4.78 is 13.8. The quantitative estimate of drug-likeness (QED) is 0.529. The van der Waals surface area contributed by atoms with Crippen LogP contribution in [0.5, 0.6) is 0 Å². The molecule has 2 aliphatic rings. The van der Waals surface area contributed by atoms with Gasteiger partial charge in [0.15, 0.2) is 0 Å². The van der Waals surface area contributed by atoms with Crippen molar-refractivity contribution in [3.05, 3.63) is 60.0 Å². The van der Waals surface area contributed by atoms with Gasteiger partial charge >= 0.3 is 0 Å². The smallest absolute Gasteiger partial charge is 0.141 e. The number of hydrogen-bond acceptors (Lipinski definition) is 1. The zero-order valence-electron chi connectivity index (χ0n) is 15.7. The number of hydrogen-bond donors (Lipinski definition) is 0. The van der Waals surface area contributed by atoms with E-state index in [1.165, 1.54) is 44.9 Å². The highest BCUT2D eigenvalue weighted by atomic mass is 19.1. The van der Waals surface area contributed by atoms with Crippen LogP contribution in [0.25, 0.3) is 0 Å². The molecule has 26 heavy (non-hydrogen) atoms. The molecule has 2 aliphatic carbocycles. The molecule has 3 rings (SSSR count). The summed E-state index contributed by atoms with van der Waals surface area (Å²) in [5.41, 5.74) is 1.21. The van der Waals surface area contributed by atoms with E-state index in [1.807, 2.05) is 12.1 Å². The van der Waals surface area contributed by atoms with Gasteiger partial charge in [-0.15, -0.1) is 6.58 Å². The molecule has 0 bridgehead atoms. The van der Waals surface area contributed by atoms with E-state index < -0.39 is 0 Å². The molecule has 0 N–H and O–H groups in total. The summed E-state index contributed by atoms with van der Waals surface area (Å²) in [7, 11) is 0. The molecule has 2 heteroatoms. The van der Waals surface area contributed by atoms with Gasteiger partial charge in [0.2, 0.25) is 0 Å². The summed E-state index contributed by atoms with van der Waals surface area (Å²) in [5, 5.41) is 8.86. The molecule has 1 aromatic carbocycles. The van der Waals surface area contributed by atoms with Crippen LogP contribution in [0, 0.1) is 34.9 Å². The lowest BCUT2D eigenvalue weighted by atomic mass is 9.77. The van der Waals surface area contributed by atoms with Crippen LogP contribution in [-0.4, -0.2) is 0 Å². The third-order valence-corrected chi connectivity index (χ3v) is 6.40. The van der Waals surface area contributed by atoms with Crippen molar-refractivity contribution in [1.82, 2.24) is 0 Å². The van der Waals surface area contributed by atoms with Crippen molar-refractivity contribution in [2.75, 3.05) is 0 Å². The van der Waals surface area contributed by atoms with Gasteiger partial charge in [-0.2, -0.15) is 5.26 Å². The summed E-state index contributed by atoms with van der Waals surface area (Å²) in [5.74, 6) is 2.37. The van der Waals surface area contributed by atoms with E-state index in [4.69, 9.17) is 5.26 Å². The second-order valence-electron chi connectivity index (χ2n) is 8.15. The normalized spacial score (nSPS) is 29.4. The van der Waals surface area contributed by atoms with E-state index in [0.717, 1.165) is 30.2 Å². The molecule has 0 atom stereocenters. The van der Waals surface area contributed by atoms with Gasteiger partial charge in [-0.1, -0.05) is 24.3 Å². The van der Waals surface area contributed by atoms with E-state index in [-0.39, 0.29) is 11.4 Å². The first kappa shape index (κ1) is 18.9. The number of nitrogens with zero attached hydrogens (tertiary/aromatic N) is 1. The maximum atomic E-state index is 13.8. The minimum absolute atomic E-state index is 0.146. The van der Waals surface area contributed by atoms with Gasteiger partial charge in [0.05, 0.1) is 5.56 Å². The Morgan fingerprint density at radius 2 is 1.62 bits per heavy atom. The molecular weight excluding hydrogens is 321 g/mol. The maximum absolute atomic E-state index is 13.8. The fourth-order valence-electron chi connectivity index (χ4n) is 4.69. The predicted octanol–water partition coefficient (Wildman–Crippen LogP) is 6.91. The Bertz CT molecular complexity index is 668. The Hall–Kier alpha value is -1.88. The monoisotopic (exact) mass is 351 g/mol. The Kier molecular flexibility index (Phi) is 6.67.